The molecule has 0 spiro atoms. The van der Waals surface area contributed by atoms with Gasteiger partial charge in [-0.1, -0.05) is 61.0 Å². The molecule has 0 unspecified atom stereocenters. The Kier molecular flexibility index (Phi) is 9.08. The Balaban J connectivity index is 1.34. The van der Waals surface area contributed by atoms with Gasteiger partial charge in [-0.25, -0.2) is 4.98 Å². The Morgan fingerprint density at radius 1 is 0.743 bits per heavy atom. The van der Waals surface area contributed by atoms with Gasteiger partial charge in [-0.05, 0) is 74.7 Å². The molecule has 2 heterocycles. The monoisotopic (exact) mass is 504 g/mol. The highest BCUT2D eigenvalue weighted by atomic mass is 32.1. The molecule has 0 aliphatic heterocycles. The summed E-state index contributed by atoms with van der Waals surface area (Å²) >= 11 is 3.04. The lowest BCUT2D eigenvalue weighted by Gasteiger charge is -2.20. The van der Waals surface area contributed by atoms with Crippen molar-refractivity contribution in [3.05, 3.63) is 60.2 Å². The molecule has 0 bridgehead atoms. The number of thiophene rings is 1. The van der Waals surface area contributed by atoms with Gasteiger partial charge in [0.05, 0.1) is 16.1 Å². The molecule has 4 rings (SSSR count). The Hall–Kier alpha value is -2.97. The van der Waals surface area contributed by atoms with Gasteiger partial charge in [0.1, 0.15) is 9.83 Å². The fourth-order valence-corrected chi connectivity index (χ4v) is 5.66. The van der Waals surface area contributed by atoms with Crippen LogP contribution in [0.3, 0.4) is 0 Å². The van der Waals surface area contributed by atoms with Gasteiger partial charge in [0, 0.05) is 18.8 Å². The van der Waals surface area contributed by atoms with Crippen LogP contribution in [-0.2, 0) is 6.42 Å². The first-order chi connectivity index (χ1) is 17.2. The highest BCUT2D eigenvalue weighted by Gasteiger charge is 2.08. The van der Waals surface area contributed by atoms with Gasteiger partial charge in [-0.15, -0.1) is 20.5 Å². The van der Waals surface area contributed by atoms with Gasteiger partial charge in [-0.3, -0.25) is 0 Å². The topological polar surface area (TPSA) is 65.6 Å². The van der Waals surface area contributed by atoms with Crippen molar-refractivity contribution in [2.75, 3.05) is 18.0 Å². The lowest BCUT2D eigenvalue weighted by Crippen LogP contribution is -2.21. The van der Waals surface area contributed by atoms with E-state index in [1.54, 1.807) is 0 Å². The highest BCUT2D eigenvalue weighted by molar-refractivity contribution is 7.30. The van der Waals surface area contributed by atoms with E-state index in [9.17, 15) is 0 Å². The van der Waals surface area contributed by atoms with Crippen molar-refractivity contribution < 1.29 is 0 Å². The summed E-state index contributed by atoms with van der Waals surface area (Å²) in [4.78, 5) is 7.81. The number of unbranched alkanes of at least 4 members (excludes halogenated alkanes) is 3. The number of anilines is 1. The number of thiazole rings is 1. The third kappa shape index (κ3) is 7.02. The summed E-state index contributed by atoms with van der Waals surface area (Å²) in [5, 5.41) is 19.0. The van der Waals surface area contributed by atoms with Gasteiger partial charge in [0.25, 0.3) is 0 Å². The molecule has 4 aromatic rings. The molecule has 0 aliphatic rings. The minimum Gasteiger partial charge on any atom is -0.372 e. The fraction of sp³-hybridized carbons (Fsp3) is 0.370. The number of benzene rings is 2. The molecule has 0 amide bonds. The van der Waals surface area contributed by atoms with Gasteiger partial charge < -0.3 is 4.90 Å². The Bertz CT molecular complexity index is 1220. The predicted molar refractivity (Wildman–Crippen MR) is 150 cm³/mol. The highest BCUT2D eigenvalue weighted by Crippen LogP contribution is 2.39. The average Bonchev–Trinajstić information content (AvgIpc) is 3.45. The van der Waals surface area contributed by atoms with Crippen LogP contribution in [0, 0.1) is 0 Å². The summed E-state index contributed by atoms with van der Waals surface area (Å²) in [7, 11) is 0. The molecule has 0 atom stereocenters. The smallest absolute Gasteiger partial charge is 0.231 e. The molecule has 6 nitrogen and oxygen atoms in total. The maximum absolute atomic E-state index is 4.60. The van der Waals surface area contributed by atoms with Crippen molar-refractivity contribution in [3.8, 4) is 0 Å². The molecular weight excluding hydrogens is 472 g/mol. The van der Waals surface area contributed by atoms with Crippen molar-refractivity contribution in [2.24, 2.45) is 20.5 Å². The van der Waals surface area contributed by atoms with Crippen LogP contribution in [-0.4, -0.2) is 18.1 Å². The summed E-state index contributed by atoms with van der Waals surface area (Å²) in [6.07, 6.45) is 6.26. The largest absolute Gasteiger partial charge is 0.372 e. The molecule has 182 valence electrons. The van der Waals surface area contributed by atoms with Gasteiger partial charge in [0.15, 0.2) is 0 Å². The van der Waals surface area contributed by atoms with E-state index in [-0.39, 0.29) is 0 Å². The first-order valence-corrected chi connectivity index (χ1v) is 14.0. The number of aromatic nitrogens is 1. The number of nitrogens with zero attached hydrogens (tertiary/aromatic N) is 6. The predicted octanol–water partition coefficient (Wildman–Crippen LogP) is 10.2. The third-order valence-corrected chi connectivity index (χ3v) is 7.74. The second-order valence-corrected chi connectivity index (χ2v) is 10.3. The zero-order valence-corrected chi connectivity index (χ0v) is 22.3. The third-order valence-electron chi connectivity index (χ3n) is 5.81. The van der Waals surface area contributed by atoms with Crippen molar-refractivity contribution in [1.82, 2.24) is 4.98 Å². The van der Waals surface area contributed by atoms with Crippen LogP contribution in [0.2, 0.25) is 0 Å². The quantitative estimate of drug-likeness (QED) is 0.142. The van der Waals surface area contributed by atoms with E-state index in [2.05, 4.69) is 75.4 Å². The molecule has 2 aromatic heterocycles. The SMILES string of the molecule is CCCCCCc1ccc(N=Nc2cc3sc(N=Nc4ccc(N(CC)CC)cc4)nc3s2)cc1. The van der Waals surface area contributed by atoms with E-state index >= 15 is 0 Å². The lowest BCUT2D eigenvalue weighted by atomic mass is 10.1. The molecule has 2 aromatic carbocycles. The maximum Gasteiger partial charge on any atom is 0.231 e. The molecule has 0 N–H and O–H groups in total. The van der Waals surface area contributed by atoms with E-state index in [4.69, 9.17) is 0 Å². The molecule has 0 fully saturated rings. The van der Waals surface area contributed by atoms with Crippen LogP contribution in [0.5, 0.6) is 0 Å². The summed E-state index contributed by atoms with van der Waals surface area (Å²) in [6.45, 7) is 8.53. The summed E-state index contributed by atoms with van der Waals surface area (Å²) in [5.41, 5.74) is 4.25. The Labute approximate surface area is 215 Å². The maximum atomic E-state index is 4.60. The van der Waals surface area contributed by atoms with Crippen LogP contribution < -0.4 is 4.90 Å². The molecular formula is C27H32N6S2. The number of azo groups is 2. The molecule has 0 radical (unpaired) electrons. The summed E-state index contributed by atoms with van der Waals surface area (Å²) < 4.78 is 1.05. The molecule has 35 heavy (non-hydrogen) atoms. The normalized spacial score (nSPS) is 11.9. The van der Waals surface area contributed by atoms with Crippen molar-refractivity contribution in [1.29, 1.82) is 0 Å². The van der Waals surface area contributed by atoms with Crippen LogP contribution in [0.1, 0.15) is 52.0 Å². The minimum absolute atomic E-state index is 0.650. The van der Waals surface area contributed by atoms with Crippen LogP contribution in [0.15, 0.2) is 75.1 Å². The van der Waals surface area contributed by atoms with Crippen LogP contribution >= 0.6 is 22.7 Å². The Morgan fingerprint density at radius 3 is 2.09 bits per heavy atom. The second-order valence-electron chi connectivity index (χ2n) is 8.32. The standard InChI is InChI=1S/C27H32N6S2/c1-4-7-8-9-10-20-11-13-21(14-12-20)29-31-25-19-24-26(35-25)28-27(34-24)32-30-22-15-17-23(18-16-22)33(5-2)6-3/h11-19H,4-10H2,1-3H3. The van der Waals surface area contributed by atoms with E-state index < -0.39 is 0 Å². The molecule has 0 saturated heterocycles. The van der Waals surface area contributed by atoms with Gasteiger partial charge in [-0.2, -0.15) is 0 Å². The number of hydrogen-bond acceptors (Lipinski definition) is 8. The zero-order chi connectivity index (χ0) is 24.5. The minimum atomic E-state index is 0.650. The van der Waals surface area contributed by atoms with Crippen molar-refractivity contribution in [3.63, 3.8) is 0 Å². The van der Waals surface area contributed by atoms with E-state index in [1.165, 1.54) is 59.6 Å². The number of aryl methyl sites for hydroxylation is 1. The molecule has 0 saturated carbocycles. The number of rotatable bonds is 12. The molecule has 8 heteroatoms. The average molecular weight is 505 g/mol. The zero-order valence-electron chi connectivity index (χ0n) is 20.6. The number of hydrogen-bond donors (Lipinski definition) is 0. The van der Waals surface area contributed by atoms with E-state index in [0.717, 1.165) is 45.4 Å². The first-order valence-electron chi connectivity index (χ1n) is 12.4. The van der Waals surface area contributed by atoms with Crippen LogP contribution in [0.4, 0.5) is 27.2 Å². The first kappa shape index (κ1) is 25.1. The number of fused-ring (bicyclic) bond motifs is 1. The Morgan fingerprint density at radius 2 is 1.43 bits per heavy atom. The van der Waals surface area contributed by atoms with Crippen LogP contribution in [0.25, 0.3) is 9.53 Å². The summed E-state index contributed by atoms with van der Waals surface area (Å²) in [5.74, 6) is 0. The van der Waals surface area contributed by atoms with Gasteiger partial charge >= 0.3 is 0 Å². The van der Waals surface area contributed by atoms with Gasteiger partial charge in [0.2, 0.25) is 5.13 Å². The second kappa shape index (κ2) is 12.7. The summed E-state index contributed by atoms with van der Waals surface area (Å²) in [6, 6.07) is 18.6. The van der Waals surface area contributed by atoms with Crippen molar-refractivity contribution in [2.45, 2.75) is 52.9 Å². The van der Waals surface area contributed by atoms with E-state index in [1.807, 2.05) is 30.3 Å². The lowest BCUT2D eigenvalue weighted by molar-refractivity contribution is 0.667. The molecule has 0 aliphatic carbocycles. The van der Waals surface area contributed by atoms with E-state index in [0.29, 0.717) is 5.13 Å². The fourth-order valence-electron chi connectivity index (χ4n) is 3.82. The van der Waals surface area contributed by atoms with Crippen molar-refractivity contribution >= 4 is 59.4 Å².